The maximum Gasteiger partial charge on any atom is 0.256 e. The summed E-state index contributed by atoms with van der Waals surface area (Å²) in [4.78, 5) is 9.64. The van der Waals surface area contributed by atoms with Crippen LogP contribution in [0.2, 0.25) is 0 Å². The van der Waals surface area contributed by atoms with Crippen LogP contribution in [-0.4, -0.2) is 13.4 Å². The Morgan fingerprint density at radius 3 is 1.59 bits per heavy atom. The van der Waals surface area contributed by atoms with Gasteiger partial charge in [0.05, 0.1) is 5.69 Å². The van der Waals surface area contributed by atoms with Gasteiger partial charge in [0, 0.05) is 78.2 Å². The lowest BCUT2D eigenvalue weighted by atomic mass is 9.31. The van der Waals surface area contributed by atoms with Crippen LogP contribution in [0.5, 0.6) is 11.5 Å². The third-order valence-electron chi connectivity index (χ3n) is 14.3. The van der Waals surface area contributed by atoms with Gasteiger partial charge in [-0.1, -0.05) is 151 Å². The van der Waals surface area contributed by atoms with E-state index >= 15 is 0 Å². The molecule has 8 heteroatoms. The van der Waals surface area contributed by atoms with Crippen LogP contribution in [0.4, 0.5) is 51.2 Å². The minimum atomic E-state index is -0.0908. The molecular formula is C60H37B2N3O2S. The first-order chi connectivity index (χ1) is 33.7. The summed E-state index contributed by atoms with van der Waals surface area (Å²) in [6.45, 7) is -0.129. The summed E-state index contributed by atoms with van der Waals surface area (Å²) in [7, 11) is 0. The number of anilines is 9. The summed E-state index contributed by atoms with van der Waals surface area (Å²) >= 11 is 1.85. The number of rotatable bonds is 5. The molecule has 0 atom stereocenters. The Labute approximate surface area is 398 Å². The molecule has 0 N–H and O–H groups in total. The molecular weight excluding hydrogens is 848 g/mol. The van der Waals surface area contributed by atoms with Crippen molar-refractivity contribution in [2.45, 2.75) is 9.79 Å². The van der Waals surface area contributed by atoms with E-state index in [9.17, 15) is 0 Å². The third-order valence-corrected chi connectivity index (χ3v) is 15.5. The van der Waals surface area contributed by atoms with E-state index in [2.05, 4.69) is 239 Å². The highest BCUT2D eigenvalue weighted by Crippen LogP contribution is 2.50. The predicted molar refractivity (Wildman–Crippen MR) is 284 cm³/mol. The van der Waals surface area contributed by atoms with Gasteiger partial charge in [-0.25, -0.2) is 0 Å². The standard InChI is InChI=1S/C60H37B2N3O2S/c1-5-19-38(20-6-1)63(39-21-7-2-8-22-39)42-33-50-58-55(34-42)67-53-37-56-47(35-46(53)61(58)44-28-14-16-30-48(44)64(50)40-23-9-3-10-24-40)62-45-29-15-17-31-49(45)65(41-25-11-4-12-26-41)51-36-54-57(60(68-56)59(51)62)43-27-13-18-32-52(43)66-54/h1-37H. The van der Waals surface area contributed by atoms with Gasteiger partial charge in [0.25, 0.3) is 6.71 Å². The molecule has 68 heavy (non-hydrogen) atoms. The van der Waals surface area contributed by atoms with Crippen molar-refractivity contribution in [3.8, 4) is 11.5 Å². The fourth-order valence-electron chi connectivity index (χ4n) is 11.6. The minimum absolute atomic E-state index is 0.0380. The average Bonchev–Trinajstić information content (AvgIpc) is 3.78. The second-order valence-corrected chi connectivity index (χ2v) is 19.0. The maximum atomic E-state index is 7.44. The lowest BCUT2D eigenvalue weighted by Crippen LogP contribution is -2.63. The molecule has 316 valence electrons. The van der Waals surface area contributed by atoms with Crippen LogP contribution in [0.25, 0.3) is 21.9 Å². The van der Waals surface area contributed by atoms with Crippen LogP contribution in [0.15, 0.2) is 239 Å². The molecule has 15 rings (SSSR count). The van der Waals surface area contributed by atoms with Crippen LogP contribution in [-0.2, 0) is 0 Å². The summed E-state index contributed by atoms with van der Waals surface area (Å²) in [5.74, 6) is 1.74. The Kier molecular flexibility index (Phi) is 8.12. The van der Waals surface area contributed by atoms with E-state index in [0.29, 0.717) is 0 Å². The first kappa shape index (κ1) is 37.9. The van der Waals surface area contributed by atoms with Gasteiger partial charge in [-0.05, 0) is 106 Å². The van der Waals surface area contributed by atoms with Gasteiger partial charge < -0.3 is 23.9 Å². The van der Waals surface area contributed by atoms with Crippen LogP contribution in [0, 0.1) is 0 Å². The fourth-order valence-corrected chi connectivity index (χ4v) is 12.9. The van der Waals surface area contributed by atoms with Gasteiger partial charge in [0.15, 0.2) is 0 Å². The second kappa shape index (κ2) is 14.6. The van der Waals surface area contributed by atoms with Gasteiger partial charge in [-0.3, -0.25) is 0 Å². The summed E-state index contributed by atoms with van der Waals surface area (Å²) < 4.78 is 14.2. The number of benzene rings is 10. The maximum absolute atomic E-state index is 7.44. The monoisotopic (exact) mass is 885 g/mol. The van der Waals surface area contributed by atoms with Crippen LogP contribution in [0.1, 0.15) is 0 Å². The van der Waals surface area contributed by atoms with E-state index in [0.717, 1.165) is 78.9 Å². The highest BCUT2D eigenvalue weighted by molar-refractivity contribution is 8.00. The second-order valence-electron chi connectivity index (χ2n) is 18.0. The fraction of sp³-hybridized carbons (Fsp3) is 0. The summed E-state index contributed by atoms with van der Waals surface area (Å²) in [6.07, 6.45) is 0. The summed E-state index contributed by atoms with van der Waals surface area (Å²) in [6, 6.07) is 81.0. The number of fused-ring (bicyclic) bond motifs is 12. The molecule has 0 fully saturated rings. The molecule has 10 aromatic carbocycles. The van der Waals surface area contributed by atoms with Crippen molar-refractivity contribution in [3.05, 3.63) is 224 Å². The largest absolute Gasteiger partial charge is 0.458 e. The highest BCUT2D eigenvalue weighted by Gasteiger charge is 2.47. The van der Waals surface area contributed by atoms with Crippen LogP contribution >= 0.6 is 11.8 Å². The molecule has 0 spiro atoms. The molecule has 11 aromatic rings. The van der Waals surface area contributed by atoms with E-state index in [1.165, 1.54) is 48.3 Å². The predicted octanol–water partition coefficient (Wildman–Crippen LogP) is 12.2. The zero-order valence-corrected chi connectivity index (χ0v) is 37.4. The highest BCUT2D eigenvalue weighted by atomic mass is 32.2. The first-order valence-electron chi connectivity index (χ1n) is 23.2. The van der Waals surface area contributed by atoms with E-state index in [1.54, 1.807) is 0 Å². The van der Waals surface area contributed by atoms with E-state index < -0.39 is 0 Å². The van der Waals surface area contributed by atoms with Crippen molar-refractivity contribution >= 4 is 131 Å². The topological polar surface area (TPSA) is 32.1 Å². The Morgan fingerprint density at radius 2 is 0.941 bits per heavy atom. The lowest BCUT2D eigenvalue weighted by molar-refractivity contribution is 0.486. The molecule has 4 aliphatic rings. The molecule has 4 aliphatic heterocycles. The zero-order valence-electron chi connectivity index (χ0n) is 36.6. The van der Waals surface area contributed by atoms with Crippen molar-refractivity contribution in [3.63, 3.8) is 0 Å². The normalized spacial score (nSPS) is 13.5. The van der Waals surface area contributed by atoms with Gasteiger partial charge in [0.2, 0.25) is 6.71 Å². The van der Waals surface area contributed by atoms with Gasteiger partial charge in [-0.2, -0.15) is 0 Å². The van der Waals surface area contributed by atoms with Gasteiger partial charge in [0.1, 0.15) is 22.7 Å². The Hall–Kier alpha value is -8.32. The molecule has 1 aromatic heterocycles. The van der Waals surface area contributed by atoms with Crippen LogP contribution in [0.3, 0.4) is 0 Å². The van der Waals surface area contributed by atoms with Crippen molar-refractivity contribution in [1.82, 2.24) is 0 Å². The quantitative estimate of drug-likeness (QED) is 0.160. The number of para-hydroxylation sites is 7. The molecule has 0 saturated carbocycles. The molecule has 0 radical (unpaired) electrons. The van der Waals surface area contributed by atoms with Gasteiger partial charge >= 0.3 is 0 Å². The third kappa shape index (κ3) is 5.43. The molecule has 0 aliphatic carbocycles. The summed E-state index contributed by atoms with van der Waals surface area (Å²) in [5, 5.41) is 2.29. The first-order valence-corrected chi connectivity index (χ1v) is 24.0. The molecule has 0 saturated heterocycles. The van der Waals surface area contributed by atoms with Crippen molar-refractivity contribution in [2.75, 3.05) is 14.7 Å². The zero-order chi connectivity index (χ0) is 44.5. The molecule has 0 unspecified atom stereocenters. The van der Waals surface area contributed by atoms with E-state index in [1.807, 2.05) is 11.8 Å². The minimum Gasteiger partial charge on any atom is -0.458 e. The van der Waals surface area contributed by atoms with E-state index in [-0.39, 0.29) is 13.4 Å². The van der Waals surface area contributed by atoms with E-state index in [4.69, 9.17) is 9.15 Å². The smallest absolute Gasteiger partial charge is 0.256 e. The van der Waals surface area contributed by atoms with Crippen molar-refractivity contribution in [2.24, 2.45) is 0 Å². The SMILES string of the molecule is c1ccc(N(c2ccccc2)c2cc3c4c(c2)N(c2ccccc2)c2ccccc2B4c2cc4c(cc2O3)Sc2c3c(cc5oc6ccccc6c25)N(c2ccccc2)c2ccccc2B43)cc1. The van der Waals surface area contributed by atoms with Crippen molar-refractivity contribution in [1.29, 1.82) is 0 Å². The number of nitrogens with zero attached hydrogens (tertiary/aromatic N) is 3. The number of ether oxygens (including phenoxy) is 1. The van der Waals surface area contributed by atoms with Crippen molar-refractivity contribution < 1.29 is 9.15 Å². The summed E-state index contributed by atoms with van der Waals surface area (Å²) in [5.41, 5.74) is 19.2. The van der Waals surface area contributed by atoms with Crippen LogP contribution < -0.4 is 52.2 Å². The number of hydrogen-bond acceptors (Lipinski definition) is 6. The Bertz CT molecular complexity index is 3810. The van der Waals surface area contributed by atoms with Gasteiger partial charge in [-0.15, -0.1) is 0 Å². The number of furan rings is 1. The molecule has 5 heterocycles. The molecule has 0 bridgehead atoms. The average molecular weight is 886 g/mol. The lowest BCUT2D eigenvalue weighted by Gasteiger charge is -2.42. The molecule has 5 nitrogen and oxygen atoms in total. The molecule has 0 amide bonds. The Balaban J connectivity index is 0.996. The number of hydrogen-bond donors (Lipinski definition) is 0. The Morgan fingerprint density at radius 1 is 0.397 bits per heavy atom.